The molecule has 0 aromatic heterocycles. The summed E-state index contributed by atoms with van der Waals surface area (Å²) in [6, 6.07) is 22.5. The molecular weight excluding hydrogens is 314 g/mol. The molecule has 4 heteroatoms. The lowest BCUT2D eigenvalue weighted by Crippen LogP contribution is -2.14. The second-order valence-electron chi connectivity index (χ2n) is 5.59. The third-order valence-electron chi connectivity index (χ3n) is 3.89. The SMILES string of the molecule is COc1ccccc1Cc1cc(Oc2ccccc2)ccc1C(N)=O. The van der Waals surface area contributed by atoms with Gasteiger partial charge in [0.05, 0.1) is 7.11 Å². The number of amides is 1. The van der Waals surface area contributed by atoms with Gasteiger partial charge in [0, 0.05) is 12.0 Å². The van der Waals surface area contributed by atoms with Crippen molar-refractivity contribution in [2.24, 2.45) is 5.73 Å². The molecule has 0 unspecified atom stereocenters. The van der Waals surface area contributed by atoms with Crippen molar-refractivity contribution in [2.75, 3.05) is 7.11 Å². The third kappa shape index (κ3) is 3.98. The van der Waals surface area contributed by atoms with Crippen LogP contribution in [0.3, 0.4) is 0 Å². The summed E-state index contributed by atoms with van der Waals surface area (Å²) in [5, 5.41) is 0. The van der Waals surface area contributed by atoms with Gasteiger partial charge in [-0.3, -0.25) is 4.79 Å². The van der Waals surface area contributed by atoms with Crippen molar-refractivity contribution in [1.29, 1.82) is 0 Å². The Morgan fingerprint density at radius 3 is 2.32 bits per heavy atom. The molecule has 3 rings (SSSR count). The largest absolute Gasteiger partial charge is 0.496 e. The van der Waals surface area contributed by atoms with Gasteiger partial charge in [-0.2, -0.15) is 0 Å². The lowest BCUT2D eigenvalue weighted by molar-refractivity contribution is 0.0999. The molecule has 126 valence electrons. The normalized spacial score (nSPS) is 10.3. The summed E-state index contributed by atoms with van der Waals surface area (Å²) < 4.78 is 11.3. The number of carbonyl (C=O) groups is 1. The zero-order valence-electron chi connectivity index (χ0n) is 13.9. The highest BCUT2D eigenvalue weighted by Gasteiger charge is 2.13. The van der Waals surface area contributed by atoms with Gasteiger partial charge in [-0.25, -0.2) is 0 Å². The molecule has 0 heterocycles. The van der Waals surface area contributed by atoms with Gasteiger partial charge in [0.15, 0.2) is 0 Å². The summed E-state index contributed by atoms with van der Waals surface area (Å²) in [5.41, 5.74) is 7.78. The molecule has 2 N–H and O–H groups in total. The Bertz CT molecular complexity index is 875. The van der Waals surface area contributed by atoms with E-state index in [4.69, 9.17) is 15.2 Å². The number of methoxy groups -OCH3 is 1. The van der Waals surface area contributed by atoms with Gasteiger partial charge in [0.1, 0.15) is 17.2 Å². The number of para-hydroxylation sites is 2. The highest BCUT2D eigenvalue weighted by atomic mass is 16.5. The molecule has 0 bridgehead atoms. The van der Waals surface area contributed by atoms with E-state index >= 15 is 0 Å². The van der Waals surface area contributed by atoms with E-state index in [1.807, 2.05) is 60.7 Å². The fraction of sp³-hybridized carbons (Fsp3) is 0.0952. The summed E-state index contributed by atoms with van der Waals surface area (Å²) in [6.07, 6.45) is 0.522. The first kappa shape index (κ1) is 16.6. The van der Waals surface area contributed by atoms with Crippen molar-refractivity contribution in [3.63, 3.8) is 0 Å². The van der Waals surface area contributed by atoms with Crippen molar-refractivity contribution >= 4 is 5.91 Å². The van der Waals surface area contributed by atoms with Crippen LogP contribution in [0.2, 0.25) is 0 Å². The minimum absolute atomic E-state index is 0.462. The van der Waals surface area contributed by atoms with E-state index in [-0.39, 0.29) is 0 Å². The van der Waals surface area contributed by atoms with Gasteiger partial charge in [-0.1, -0.05) is 36.4 Å². The minimum Gasteiger partial charge on any atom is -0.496 e. The van der Waals surface area contributed by atoms with Crippen LogP contribution in [0.4, 0.5) is 0 Å². The fourth-order valence-electron chi connectivity index (χ4n) is 2.70. The van der Waals surface area contributed by atoms with Crippen LogP contribution in [0.5, 0.6) is 17.2 Å². The minimum atomic E-state index is -0.462. The third-order valence-corrected chi connectivity index (χ3v) is 3.89. The van der Waals surface area contributed by atoms with E-state index in [0.717, 1.165) is 22.6 Å². The molecular formula is C21H19NO3. The summed E-state index contributed by atoms with van der Waals surface area (Å²) in [4.78, 5) is 11.8. The Balaban J connectivity index is 1.95. The molecule has 25 heavy (non-hydrogen) atoms. The molecule has 1 amide bonds. The molecule has 4 nitrogen and oxygen atoms in total. The molecule has 0 aliphatic heterocycles. The average Bonchev–Trinajstić information content (AvgIpc) is 2.63. The van der Waals surface area contributed by atoms with E-state index in [1.54, 1.807) is 19.2 Å². The maximum atomic E-state index is 11.8. The van der Waals surface area contributed by atoms with E-state index in [9.17, 15) is 4.79 Å². The van der Waals surface area contributed by atoms with Crippen LogP contribution < -0.4 is 15.2 Å². The molecule has 0 aliphatic carbocycles. The second-order valence-corrected chi connectivity index (χ2v) is 5.59. The number of primary amides is 1. The lowest BCUT2D eigenvalue weighted by Gasteiger charge is -2.13. The number of hydrogen-bond acceptors (Lipinski definition) is 3. The van der Waals surface area contributed by atoms with Crippen LogP contribution in [0.25, 0.3) is 0 Å². The van der Waals surface area contributed by atoms with Crippen LogP contribution >= 0.6 is 0 Å². The van der Waals surface area contributed by atoms with Crippen LogP contribution in [-0.2, 0) is 6.42 Å². The lowest BCUT2D eigenvalue weighted by atomic mass is 9.98. The fourth-order valence-corrected chi connectivity index (χ4v) is 2.70. The molecule has 0 radical (unpaired) electrons. The van der Waals surface area contributed by atoms with E-state index in [1.165, 1.54) is 0 Å². The summed E-state index contributed by atoms with van der Waals surface area (Å²) in [5.74, 6) is 1.70. The number of ether oxygens (including phenoxy) is 2. The van der Waals surface area contributed by atoms with Gasteiger partial charge < -0.3 is 15.2 Å². The Morgan fingerprint density at radius 1 is 0.880 bits per heavy atom. The predicted octanol–water partition coefficient (Wildman–Crippen LogP) is 4.18. The number of benzene rings is 3. The first-order chi connectivity index (χ1) is 12.2. The maximum Gasteiger partial charge on any atom is 0.248 e. The van der Waals surface area contributed by atoms with E-state index in [0.29, 0.717) is 17.7 Å². The molecule has 3 aromatic carbocycles. The van der Waals surface area contributed by atoms with Crippen molar-refractivity contribution < 1.29 is 14.3 Å². The molecule has 0 spiro atoms. The topological polar surface area (TPSA) is 61.6 Å². The second kappa shape index (κ2) is 7.53. The highest BCUT2D eigenvalue weighted by Crippen LogP contribution is 2.27. The standard InChI is InChI=1S/C21H19NO3/c1-24-20-10-6-5-7-15(20)13-16-14-18(11-12-19(16)21(22)23)25-17-8-3-2-4-9-17/h2-12,14H,13H2,1H3,(H2,22,23). The summed E-state index contributed by atoms with van der Waals surface area (Å²) in [6.45, 7) is 0. The molecule has 0 saturated carbocycles. The van der Waals surface area contributed by atoms with Gasteiger partial charge in [0.25, 0.3) is 0 Å². The average molecular weight is 333 g/mol. The van der Waals surface area contributed by atoms with Crippen LogP contribution in [0.1, 0.15) is 21.5 Å². The van der Waals surface area contributed by atoms with Gasteiger partial charge in [-0.15, -0.1) is 0 Å². The number of hydrogen-bond donors (Lipinski definition) is 1. The van der Waals surface area contributed by atoms with Gasteiger partial charge in [0.2, 0.25) is 5.91 Å². The highest BCUT2D eigenvalue weighted by molar-refractivity contribution is 5.94. The van der Waals surface area contributed by atoms with Gasteiger partial charge >= 0.3 is 0 Å². The number of nitrogens with two attached hydrogens (primary N) is 1. The van der Waals surface area contributed by atoms with Crippen LogP contribution in [0, 0.1) is 0 Å². The predicted molar refractivity (Wildman–Crippen MR) is 97.3 cm³/mol. The van der Waals surface area contributed by atoms with Crippen LogP contribution in [0.15, 0.2) is 72.8 Å². The van der Waals surface area contributed by atoms with Crippen molar-refractivity contribution in [1.82, 2.24) is 0 Å². The Hall–Kier alpha value is -3.27. The summed E-state index contributed by atoms with van der Waals surface area (Å²) in [7, 11) is 1.63. The zero-order chi connectivity index (χ0) is 17.6. The summed E-state index contributed by atoms with van der Waals surface area (Å²) >= 11 is 0. The molecule has 0 fully saturated rings. The smallest absolute Gasteiger partial charge is 0.248 e. The zero-order valence-corrected chi connectivity index (χ0v) is 13.9. The Kier molecular flexibility index (Phi) is 5.00. The number of rotatable bonds is 6. The molecule has 0 atom stereocenters. The first-order valence-corrected chi connectivity index (χ1v) is 7.95. The van der Waals surface area contributed by atoms with Crippen molar-refractivity contribution in [3.05, 3.63) is 89.5 Å². The molecule has 0 aliphatic rings. The quantitative estimate of drug-likeness (QED) is 0.736. The molecule has 0 saturated heterocycles. The van der Waals surface area contributed by atoms with Crippen molar-refractivity contribution in [3.8, 4) is 17.2 Å². The molecule has 3 aromatic rings. The Labute approximate surface area is 146 Å². The van der Waals surface area contributed by atoms with E-state index in [2.05, 4.69) is 0 Å². The van der Waals surface area contributed by atoms with Gasteiger partial charge in [-0.05, 0) is 47.5 Å². The monoisotopic (exact) mass is 333 g/mol. The Morgan fingerprint density at radius 2 is 1.60 bits per heavy atom. The van der Waals surface area contributed by atoms with E-state index < -0.39 is 5.91 Å². The van der Waals surface area contributed by atoms with Crippen molar-refractivity contribution in [2.45, 2.75) is 6.42 Å². The maximum absolute atomic E-state index is 11.8. The number of carbonyl (C=O) groups excluding carboxylic acids is 1. The first-order valence-electron chi connectivity index (χ1n) is 7.95. The van der Waals surface area contributed by atoms with Crippen LogP contribution in [-0.4, -0.2) is 13.0 Å².